The number of phenolic OH excluding ortho intramolecular Hbond substituents is 1. The van der Waals surface area contributed by atoms with Gasteiger partial charge in [-0.15, -0.1) is 0 Å². The Hall–Kier alpha value is -3.52. The minimum Gasteiger partial charge on any atom is -0.508 e. The number of anilines is 1. The quantitative estimate of drug-likeness (QED) is 0.459. The Morgan fingerprint density at radius 3 is 2.46 bits per heavy atom. The maximum atomic E-state index is 12.8. The number of aromatic hydroxyl groups is 1. The summed E-state index contributed by atoms with van der Waals surface area (Å²) in [5.41, 5.74) is 0.805. The highest BCUT2D eigenvalue weighted by molar-refractivity contribution is 7.92. The highest BCUT2D eigenvalue weighted by Crippen LogP contribution is 2.26. The molecule has 0 amide bonds. The Morgan fingerprint density at radius 2 is 1.75 bits per heavy atom. The molecule has 4 rings (SSSR count). The predicted octanol–water partition coefficient (Wildman–Crippen LogP) is 3.20. The number of rotatable bonds is 4. The van der Waals surface area contributed by atoms with Crippen LogP contribution in [0.2, 0.25) is 0 Å². The van der Waals surface area contributed by atoms with Gasteiger partial charge in [-0.25, -0.2) is 8.42 Å². The van der Waals surface area contributed by atoms with E-state index in [0.29, 0.717) is 27.6 Å². The van der Waals surface area contributed by atoms with Crippen molar-refractivity contribution in [2.75, 3.05) is 11.8 Å². The number of hydrogen-bond acceptors (Lipinski definition) is 5. The lowest BCUT2D eigenvalue weighted by molar-refractivity contribution is 0.414. The van der Waals surface area contributed by atoms with Crippen molar-refractivity contribution in [1.82, 2.24) is 4.98 Å². The van der Waals surface area contributed by atoms with Crippen LogP contribution in [0.15, 0.2) is 70.4 Å². The molecule has 0 unspecified atom stereocenters. The lowest BCUT2D eigenvalue weighted by atomic mass is 10.1. The van der Waals surface area contributed by atoms with Gasteiger partial charge in [-0.05, 0) is 54.6 Å². The summed E-state index contributed by atoms with van der Waals surface area (Å²) in [5.74, 6) is 0.525. The Balaban J connectivity index is 1.85. The first-order chi connectivity index (χ1) is 13.4. The normalized spacial score (nSPS) is 11.6. The minimum atomic E-state index is -3.87. The topological polar surface area (TPSA) is 108 Å². The molecule has 0 aliphatic rings. The van der Waals surface area contributed by atoms with Crippen molar-refractivity contribution in [3.8, 4) is 11.5 Å². The van der Waals surface area contributed by atoms with E-state index in [1.807, 2.05) is 0 Å². The van der Waals surface area contributed by atoms with Gasteiger partial charge in [-0.3, -0.25) is 9.52 Å². The standard InChI is InChI=1S/C20H16N2O5S/c1-27-13-6-8-14(9-7-13)28(25,26)22-18-4-2-3-15-19(18)21-17-10-5-12(23)11-16(17)20(15)24/h2-11,22-23H,1H3,(H,21,24). The van der Waals surface area contributed by atoms with E-state index in [9.17, 15) is 18.3 Å². The van der Waals surface area contributed by atoms with Crippen LogP contribution in [-0.4, -0.2) is 25.6 Å². The summed E-state index contributed by atoms with van der Waals surface area (Å²) in [4.78, 5) is 15.9. The number of sulfonamides is 1. The SMILES string of the molecule is COc1ccc(S(=O)(=O)Nc2cccc3c(=O)c4cc(O)ccc4[nH]c23)cc1. The fourth-order valence-corrected chi connectivity index (χ4v) is 4.10. The van der Waals surface area contributed by atoms with Crippen LogP contribution < -0.4 is 14.9 Å². The second-order valence-corrected chi connectivity index (χ2v) is 7.88. The van der Waals surface area contributed by atoms with Crippen LogP contribution in [0, 0.1) is 0 Å². The summed E-state index contributed by atoms with van der Waals surface area (Å²) in [6, 6.07) is 15.2. The zero-order valence-electron chi connectivity index (χ0n) is 14.8. The summed E-state index contributed by atoms with van der Waals surface area (Å²) in [6.45, 7) is 0. The van der Waals surface area contributed by atoms with Crippen LogP contribution in [0.5, 0.6) is 11.5 Å². The third-order valence-electron chi connectivity index (χ3n) is 4.43. The van der Waals surface area contributed by atoms with E-state index in [1.54, 1.807) is 36.4 Å². The molecule has 0 atom stereocenters. The number of hydrogen-bond donors (Lipinski definition) is 3. The van der Waals surface area contributed by atoms with E-state index in [1.165, 1.54) is 31.4 Å². The average Bonchev–Trinajstić information content (AvgIpc) is 2.69. The molecule has 0 radical (unpaired) electrons. The molecule has 0 aliphatic heterocycles. The highest BCUT2D eigenvalue weighted by atomic mass is 32.2. The smallest absolute Gasteiger partial charge is 0.261 e. The number of para-hydroxylation sites is 1. The van der Waals surface area contributed by atoms with Gasteiger partial charge < -0.3 is 14.8 Å². The van der Waals surface area contributed by atoms with Gasteiger partial charge in [0, 0.05) is 10.8 Å². The van der Waals surface area contributed by atoms with E-state index in [4.69, 9.17) is 4.74 Å². The number of H-pyrrole nitrogens is 1. The molecule has 7 nitrogen and oxygen atoms in total. The lowest BCUT2D eigenvalue weighted by Gasteiger charge is -2.12. The van der Waals surface area contributed by atoms with Gasteiger partial charge in [0.1, 0.15) is 11.5 Å². The van der Waals surface area contributed by atoms with Crippen molar-refractivity contribution >= 4 is 37.5 Å². The molecule has 0 spiro atoms. The van der Waals surface area contributed by atoms with Crippen molar-refractivity contribution < 1.29 is 18.3 Å². The maximum absolute atomic E-state index is 12.8. The Labute approximate surface area is 160 Å². The molecule has 3 N–H and O–H groups in total. The van der Waals surface area contributed by atoms with Crippen LogP contribution in [-0.2, 0) is 10.0 Å². The van der Waals surface area contributed by atoms with Crippen LogP contribution in [0.3, 0.4) is 0 Å². The molecule has 1 heterocycles. The summed E-state index contributed by atoms with van der Waals surface area (Å²) in [6.07, 6.45) is 0. The molecule has 3 aromatic carbocycles. The first-order valence-corrected chi connectivity index (χ1v) is 9.82. The van der Waals surface area contributed by atoms with E-state index < -0.39 is 10.0 Å². The van der Waals surface area contributed by atoms with Gasteiger partial charge in [0.05, 0.1) is 28.7 Å². The molecular weight excluding hydrogens is 380 g/mol. The Morgan fingerprint density at radius 1 is 1.00 bits per heavy atom. The molecule has 8 heteroatoms. The summed E-state index contributed by atoms with van der Waals surface area (Å²) >= 11 is 0. The first kappa shape index (κ1) is 17.9. The number of pyridine rings is 1. The van der Waals surface area contributed by atoms with Crippen LogP contribution in [0.1, 0.15) is 0 Å². The van der Waals surface area contributed by atoms with Crippen molar-refractivity contribution in [3.05, 3.63) is 70.9 Å². The molecular formula is C20H16N2O5S. The van der Waals surface area contributed by atoms with Crippen molar-refractivity contribution in [1.29, 1.82) is 0 Å². The number of methoxy groups -OCH3 is 1. The molecule has 0 aliphatic carbocycles. The number of nitrogens with one attached hydrogen (secondary N) is 2. The number of ether oxygens (including phenoxy) is 1. The number of aromatic nitrogens is 1. The summed E-state index contributed by atoms with van der Waals surface area (Å²) in [7, 11) is -2.37. The molecule has 142 valence electrons. The van der Waals surface area contributed by atoms with Crippen molar-refractivity contribution in [3.63, 3.8) is 0 Å². The van der Waals surface area contributed by atoms with Gasteiger partial charge in [0.2, 0.25) is 0 Å². The molecule has 0 saturated heterocycles. The summed E-state index contributed by atoms with van der Waals surface area (Å²) < 4.78 is 33.1. The van der Waals surface area contributed by atoms with Gasteiger partial charge in [0.15, 0.2) is 5.43 Å². The Bertz CT molecular complexity index is 1360. The predicted molar refractivity (Wildman–Crippen MR) is 108 cm³/mol. The van der Waals surface area contributed by atoms with E-state index in [2.05, 4.69) is 9.71 Å². The van der Waals surface area contributed by atoms with E-state index >= 15 is 0 Å². The van der Waals surface area contributed by atoms with Crippen molar-refractivity contribution in [2.24, 2.45) is 0 Å². The number of aromatic amines is 1. The van der Waals surface area contributed by atoms with Crippen LogP contribution in [0.4, 0.5) is 5.69 Å². The third kappa shape index (κ3) is 3.03. The largest absolute Gasteiger partial charge is 0.508 e. The second kappa shape index (κ2) is 6.58. The fourth-order valence-electron chi connectivity index (χ4n) is 3.03. The second-order valence-electron chi connectivity index (χ2n) is 6.19. The monoisotopic (exact) mass is 396 g/mol. The van der Waals surface area contributed by atoms with Gasteiger partial charge in [-0.1, -0.05) is 6.07 Å². The number of benzene rings is 3. The molecule has 0 bridgehead atoms. The molecule has 0 saturated carbocycles. The van der Waals surface area contributed by atoms with Crippen LogP contribution in [0.25, 0.3) is 21.8 Å². The number of fused-ring (bicyclic) bond motifs is 2. The van der Waals surface area contributed by atoms with Gasteiger partial charge in [-0.2, -0.15) is 0 Å². The maximum Gasteiger partial charge on any atom is 0.261 e. The van der Waals surface area contributed by atoms with E-state index in [0.717, 1.165) is 0 Å². The lowest BCUT2D eigenvalue weighted by Crippen LogP contribution is -2.14. The van der Waals surface area contributed by atoms with Gasteiger partial charge >= 0.3 is 0 Å². The highest BCUT2D eigenvalue weighted by Gasteiger charge is 2.17. The first-order valence-electron chi connectivity index (χ1n) is 8.34. The van der Waals surface area contributed by atoms with Gasteiger partial charge in [0.25, 0.3) is 10.0 Å². The van der Waals surface area contributed by atoms with E-state index in [-0.39, 0.29) is 21.8 Å². The molecule has 1 aromatic heterocycles. The van der Waals surface area contributed by atoms with Crippen LogP contribution >= 0.6 is 0 Å². The molecule has 0 fully saturated rings. The third-order valence-corrected chi connectivity index (χ3v) is 5.81. The average molecular weight is 396 g/mol. The molecule has 4 aromatic rings. The minimum absolute atomic E-state index is 0.0197. The zero-order chi connectivity index (χ0) is 19.9. The summed E-state index contributed by atoms with van der Waals surface area (Å²) in [5, 5.41) is 10.3. The molecule has 28 heavy (non-hydrogen) atoms. The zero-order valence-corrected chi connectivity index (χ0v) is 15.6. The Kier molecular flexibility index (Phi) is 4.20. The number of phenols is 1. The van der Waals surface area contributed by atoms with Crippen molar-refractivity contribution in [2.45, 2.75) is 4.90 Å². The fraction of sp³-hybridized carbons (Fsp3) is 0.0500.